The fraction of sp³-hybridized carbons (Fsp3) is 0.526. The van der Waals surface area contributed by atoms with Gasteiger partial charge in [0.25, 0.3) is 0 Å². The minimum absolute atomic E-state index is 0.130. The molecule has 2 bridgehead atoms. The van der Waals surface area contributed by atoms with E-state index in [0.717, 1.165) is 6.42 Å². The van der Waals surface area contributed by atoms with E-state index >= 15 is 0 Å². The minimum Gasteiger partial charge on any atom is -0.299 e. The predicted molar refractivity (Wildman–Crippen MR) is 80.9 cm³/mol. The van der Waals surface area contributed by atoms with Gasteiger partial charge in [0.15, 0.2) is 0 Å². The molecule has 0 aromatic heterocycles. The van der Waals surface area contributed by atoms with Crippen LogP contribution in [-0.4, -0.2) is 5.78 Å². The Bertz CT molecular complexity index is 610. The van der Waals surface area contributed by atoms with E-state index in [1.165, 1.54) is 24.0 Å². The van der Waals surface area contributed by atoms with Crippen molar-refractivity contribution in [3.05, 3.63) is 47.0 Å². The molecule has 1 fully saturated rings. The fourth-order valence-corrected chi connectivity index (χ4v) is 5.02. The summed E-state index contributed by atoms with van der Waals surface area (Å²) >= 11 is 0. The summed E-state index contributed by atoms with van der Waals surface area (Å²) in [5, 5.41) is 0. The highest BCUT2D eigenvalue weighted by molar-refractivity contribution is 5.86. The zero-order valence-electron chi connectivity index (χ0n) is 12.4. The molecule has 4 rings (SSSR count). The van der Waals surface area contributed by atoms with Crippen molar-refractivity contribution in [2.45, 2.75) is 50.9 Å². The van der Waals surface area contributed by atoms with Crippen molar-refractivity contribution < 1.29 is 4.79 Å². The second kappa shape index (κ2) is 4.07. The molecule has 3 aliphatic rings. The first-order valence-corrected chi connectivity index (χ1v) is 7.92. The van der Waals surface area contributed by atoms with Gasteiger partial charge in [0.2, 0.25) is 0 Å². The topological polar surface area (TPSA) is 17.1 Å². The first-order valence-electron chi connectivity index (χ1n) is 7.92. The average Bonchev–Trinajstić information content (AvgIpc) is 2.98. The number of carbonyl (C=O) groups excluding carboxylic acids is 1. The molecule has 0 N–H and O–H groups in total. The predicted octanol–water partition coefficient (Wildman–Crippen LogP) is 4.16. The third kappa shape index (κ3) is 1.52. The summed E-state index contributed by atoms with van der Waals surface area (Å²) in [4.78, 5) is 12.3. The Hall–Kier alpha value is -1.37. The number of rotatable bonds is 1. The molecule has 104 valence electrons. The number of allylic oxidation sites excluding steroid dienone is 2. The highest BCUT2D eigenvalue weighted by Crippen LogP contribution is 2.58. The third-order valence-corrected chi connectivity index (χ3v) is 5.71. The number of carbonyl (C=O) groups is 1. The van der Waals surface area contributed by atoms with E-state index in [4.69, 9.17) is 0 Å². The van der Waals surface area contributed by atoms with Gasteiger partial charge in [-0.3, -0.25) is 4.79 Å². The van der Waals surface area contributed by atoms with Gasteiger partial charge in [0.05, 0.1) is 0 Å². The maximum Gasteiger partial charge on any atom is 0.138 e. The van der Waals surface area contributed by atoms with Crippen molar-refractivity contribution in [3.8, 4) is 0 Å². The number of hydrogen-bond donors (Lipinski definition) is 0. The van der Waals surface area contributed by atoms with Gasteiger partial charge in [-0.15, -0.1) is 0 Å². The zero-order chi connectivity index (χ0) is 13.9. The summed E-state index contributed by atoms with van der Waals surface area (Å²) in [5.41, 5.74) is 4.47. The molecule has 20 heavy (non-hydrogen) atoms. The number of fused-ring (bicyclic) bond motifs is 5. The molecule has 1 spiro atoms. The first-order chi connectivity index (χ1) is 9.60. The van der Waals surface area contributed by atoms with E-state index in [9.17, 15) is 4.79 Å². The molecule has 3 unspecified atom stereocenters. The molecular formula is C19H22O. The lowest BCUT2D eigenvalue weighted by Crippen LogP contribution is -2.40. The standard InChI is InChI=1S/C19H22O/c1-12(2)17-5-3-4-14-9-16(20)11-19(18(14)17)10-13-6-7-15(19)8-13/h3-7,12-13,15H,8-11H2,1-2H3. The van der Waals surface area contributed by atoms with E-state index in [2.05, 4.69) is 44.2 Å². The lowest BCUT2D eigenvalue weighted by molar-refractivity contribution is -0.120. The molecule has 0 saturated heterocycles. The van der Waals surface area contributed by atoms with Crippen LogP contribution in [-0.2, 0) is 16.6 Å². The molecule has 0 aliphatic heterocycles. The maximum absolute atomic E-state index is 12.3. The Kier molecular flexibility index (Phi) is 2.52. The fourth-order valence-electron chi connectivity index (χ4n) is 5.02. The van der Waals surface area contributed by atoms with E-state index < -0.39 is 0 Å². The van der Waals surface area contributed by atoms with E-state index in [1.807, 2.05) is 0 Å². The van der Waals surface area contributed by atoms with Crippen molar-refractivity contribution in [2.75, 3.05) is 0 Å². The Morgan fingerprint density at radius 3 is 2.75 bits per heavy atom. The quantitative estimate of drug-likeness (QED) is 0.698. The van der Waals surface area contributed by atoms with Crippen LogP contribution in [0, 0.1) is 11.8 Å². The number of hydrogen-bond acceptors (Lipinski definition) is 1. The van der Waals surface area contributed by atoms with Crippen LogP contribution in [0.15, 0.2) is 30.4 Å². The molecular weight excluding hydrogens is 244 g/mol. The lowest BCUT2D eigenvalue weighted by Gasteiger charge is -2.42. The normalized spacial score (nSPS) is 34.2. The van der Waals surface area contributed by atoms with Gasteiger partial charge in [-0.25, -0.2) is 0 Å². The van der Waals surface area contributed by atoms with Crippen LogP contribution >= 0.6 is 0 Å². The summed E-state index contributed by atoms with van der Waals surface area (Å²) in [6.45, 7) is 4.56. The second-order valence-corrected chi connectivity index (χ2v) is 7.28. The summed E-state index contributed by atoms with van der Waals surface area (Å²) in [6, 6.07) is 6.62. The minimum atomic E-state index is 0.130. The van der Waals surface area contributed by atoms with Crippen molar-refractivity contribution >= 4 is 5.78 Å². The van der Waals surface area contributed by atoms with E-state index in [-0.39, 0.29) is 5.41 Å². The summed E-state index contributed by atoms with van der Waals surface area (Å²) < 4.78 is 0. The van der Waals surface area contributed by atoms with Gasteiger partial charge in [-0.1, -0.05) is 44.2 Å². The Labute approximate surface area is 121 Å². The number of ketones is 1. The SMILES string of the molecule is CC(C)c1cccc2c1C1(CC(=O)C2)CC2C=CC1C2. The van der Waals surface area contributed by atoms with Gasteiger partial charge in [-0.05, 0) is 47.3 Å². The average molecular weight is 266 g/mol. The van der Waals surface area contributed by atoms with Gasteiger partial charge in [0, 0.05) is 18.3 Å². The Morgan fingerprint density at radius 2 is 2.10 bits per heavy atom. The highest BCUT2D eigenvalue weighted by Gasteiger charge is 2.53. The summed E-state index contributed by atoms with van der Waals surface area (Å²) in [5.74, 6) is 2.28. The smallest absolute Gasteiger partial charge is 0.138 e. The molecule has 1 saturated carbocycles. The van der Waals surface area contributed by atoms with Crippen LogP contribution in [0.5, 0.6) is 0 Å². The lowest BCUT2D eigenvalue weighted by atomic mass is 9.60. The van der Waals surface area contributed by atoms with Gasteiger partial charge in [0.1, 0.15) is 5.78 Å². The maximum atomic E-state index is 12.3. The third-order valence-electron chi connectivity index (χ3n) is 5.71. The van der Waals surface area contributed by atoms with Gasteiger partial charge >= 0.3 is 0 Å². The molecule has 0 amide bonds. The molecule has 1 aromatic rings. The van der Waals surface area contributed by atoms with Gasteiger partial charge in [-0.2, -0.15) is 0 Å². The van der Waals surface area contributed by atoms with Crippen molar-refractivity contribution in [3.63, 3.8) is 0 Å². The molecule has 0 radical (unpaired) electrons. The summed E-state index contributed by atoms with van der Waals surface area (Å²) in [7, 11) is 0. The Morgan fingerprint density at radius 1 is 1.25 bits per heavy atom. The van der Waals surface area contributed by atoms with Gasteiger partial charge < -0.3 is 0 Å². The molecule has 1 aromatic carbocycles. The van der Waals surface area contributed by atoms with Crippen LogP contribution in [0.2, 0.25) is 0 Å². The monoisotopic (exact) mass is 266 g/mol. The van der Waals surface area contributed by atoms with Crippen LogP contribution in [0.1, 0.15) is 55.7 Å². The van der Waals surface area contributed by atoms with Crippen LogP contribution in [0.4, 0.5) is 0 Å². The van der Waals surface area contributed by atoms with Crippen molar-refractivity contribution in [1.82, 2.24) is 0 Å². The Balaban J connectivity index is 1.96. The molecule has 0 heterocycles. The molecule has 1 heteroatoms. The molecule has 3 aliphatic carbocycles. The zero-order valence-corrected chi connectivity index (χ0v) is 12.4. The number of benzene rings is 1. The second-order valence-electron chi connectivity index (χ2n) is 7.28. The van der Waals surface area contributed by atoms with Crippen LogP contribution in [0.25, 0.3) is 0 Å². The first kappa shape index (κ1) is 12.4. The van der Waals surface area contributed by atoms with E-state index in [1.54, 1.807) is 5.56 Å². The van der Waals surface area contributed by atoms with Crippen LogP contribution < -0.4 is 0 Å². The highest BCUT2D eigenvalue weighted by atomic mass is 16.1. The van der Waals surface area contributed by atoms with E-state index in [0.29, 0.717) is 30.0 Å². The van der Waals surface area contributed by atoms with Crippen LogP contribution in [0.3, 0.4) is 0 Å². The summed E-state index contributed by atoms with van der Waals surface area (Å²) in [6.07, 6.45) is 8.66. The largest absolute Gasteiger partial charge is 0.299 e. The number of Topliss-reactive ketones (excluding diaryl/α,β-unsaturated/α-hetero) is 1. The van der Waals surface area contributed by atoms with Crippen molar-refractivity contribution in [2.24, 2.45) is 11.8 Å². The molecule has 1 nitrogen and oxygen atoms in total. The van der Waals surface area contributed by atoms with Crippen molar-refractivity contribution in [1.29, 1.82) is 0 Å². The molecule has 3 atom stereocenters.